The molecule has 0 spiro atoms. The number of likely N-dealkylation sites (tertiary alicyclic amines) is 1. The van der Waals surface area contributed by atoms with Crippen LogP contribution in [0.15, 0.2) is 36.5 Å². The van der Waals surface area contributed by atoms with Crippen LogP contribution < -0.4 is 10.2 Å². The third kappa shape index (κ3) is 9.48. The second kappa shape index (κ2) is 16.8. The van der Waals surface area contributed by atoms with Crippen LogP contribution in [-0.4, -0.2) is 66.7 Å². The van der Waals surface area contributed by atoms with Gasteiger partial charge in [-0.25, -0.2) is 9.97 Å². The van der Waals surface area contributed by atoms with Crippen LogP contribution in [-0.2, 0) is 9.53 Å². The summed E-state index contributed by atoms with van der Waals surface area (Å²) in [6.45, 7) is 13.2. The van der Waals surface area contributed by atoms with Gasteiger partial charge in [-0.2, -0.15) is 0 Å². The molecule has 41 heavy (non-hydrogen) atoms. The number of unbranched alkanes of at least 4 members (excludes halogenated alkanes) is 4. The number of rotatable bonds is 12. The van der Waals surface area contributed by atoms with Gasteiger partial charge in [-0.3, -0.25) is 4.79 Å². The number of piperidine rings is 1. The Kier molecular flexibility index (Phi) is 12.8. The lowest BCUT2D eigenvalue weighted by molar-refractivity contribution is -0.114. The number of nitrogens with one attached hydrogen (secondary N) is 1. The summed E-state index contributed by atoms with van der Waals surface area (Å²) in [7, 11) is 0. The molecule has 0 radical (unpaired) electrons. The molecular weight excluding hydrogens is 530 g/mol. The van der Waals surface area contributed by atoms with Crippen molar-refractivity contribution in [2.75, 3.05) is 56.2 Å². The average Bonchev–Trinajstić information content (AvgIpc) is 3.64. The van der Waals surface area contributed by atoms with Crippen LogP contribution >= 0.6 is 11.3 Å². The minimum Gasteiger partial charge on any atom is -0.380 e. The highest BCUT2D eigenvalue weighted by molar-refractivity contribution is 7.23. The molecular formula is C33H49N5O2S. The second-order valence-electron chi connectivity index (χ2n) is 11.4. The fourth-order valence-corrected chi connectivity index (χ4v) is 6.70. The number of aromatic nitrogens is 2. The molecule has 1 amide bonds. The zero-order chi connectivity index (χ0) is 28.9. The quantitative estimate of drug-likeness (QED) is 0.223. The van der Waals surface area contributed by atoms with Gasteiger partial charge in [-0.15, -0.1) is 0 Å². The van der Waals surface area contributed by atoms with Crippen molar-refractivity contribution in [1.82, 2.24) is 14.9 Å². The maximum absolute atomic E-state index is 11.8. The Morgan fingerprint density at radius 2 is 1.73 bits per heavy atom. The predicted octanol–water partition coefficient (Wildman–Crippen LogP) is 7.62. The molecule has 0 saturated carbocycles. The van der Waals surface area contributed by atoms with Gasteiger partial charge >= 0.3 is 0 Å². The average molecular weight is 580 g/mol. The topological polar surface area (TPSA) is 70.6 Å². The molecule has 8 heteroatoms. The molecule has 2 fully saturated rings. The molecule has 3 aromatic rings. The Morgan fingerprint density at radius 3 is 2.39 bits per heavy atom. The molecule has 224 valence electrons. The first-order valence-electron chi connectivity index (χ1n) is 15.8. The van der Waals surface area contributed by atoms with Crippen molar-refractivity contribution < 1.29 is 9.53 Å². The number of nitrogens with zero attached hydrogens (tertiary/aromatic N) is 4. The number of anilines is 2. The number of fused-ring (bicyclic) bond motifs is 1. The number of amides is 1. The molecule has 2 saturated heterocycles. The molecule has 2 aromatic heterocycles. The van der Waals surface area contributed by atoms with Gasteiger partial charge in [0.25, 0.3) is 0 Å². The van der Waals surface area contributed by atoms with E-state index in [4.69, 9.17) is 14.7 Å². The van der Waals surface area contributed by atoms with Crippen molar-refractivity contribution >= 4 is 38.4 Å². The number of hydrogen-bond donors (Lipinski definition) is 1. The van der Waals surface area contributed by atoms with Crippen molar-refractivity contribution in [3.63, 3.8) is 0 Å². The van der Waals surface area contributed by atoms with Crippen molar-refractivity contribution in [2.45, 2.75) is 78.6 Å². The summed E-state index contributed by atoms with van der Waals surface area (Å²) in [4.78, 5) is 27.1. The molecule has 0 bridgehead atoms. The molecule has 7 nitrogen and oxygen atoms in total. The van der Waals surface area contributed by atoms with E-state index in [1.807, 2.05) is 24.4 Å². The Balaban J connectivity index is 0.000000493. The van der Waals surface area contributed by atoms with E-state index in [2.05, 4.69) is 41.1 Å². The lowest BCUT2D eigenvalue weighted by atomic mass is 9.98. The molecule has 2 aliphatic rings. The summed E-state index contributed by atoms with van der Waals surface area (Å²) < 4.78 is 6.00. The largest absolute Gasteiger partial charge is 0.380 e. The number of ether oxygens (including phenoxy) is 1. The Labute approximate surface area is 250 Å². The van der Waals surface area contributed by atoms with Gasteiger partial charge in [0.1, 0.15) is 9.83 Å². The number of carbonyl (C=O) groups is 1. The van der Waals surface area contributed by atoms with Crippen molar-refractivity contribution in [2.24, 2.45) is 5.92 Å². The summed E-state index contributed by atoms with van der Waals surface area (Å²) in [6.07, 6.45) is 13.8. The van der Waals surface area contributed by atoms with E-state index in [-0.39, 0.29) is 5.91 Å². The maximum atomic E-state index is 11.8. The Hall–Kier alpha value is -2.55. The molecule has 4 heterocycles. The molecule has 0 unspecified atom stereocenters. The van der Waals surface area contributed by atoms with Crippen LogP contribution in [0.1, 0.15) is 78.6 Å². The van der Waals surface area contributed by atoms with Gasteiger partial charge in [0, 0.05) is 50.3 Å². The van der Waals surface area contributed by atoms with E-state index in [9.17, 15) is 4.79 Å². The Bertz CT molecular complexity index is 1180. The van der Waals surface area contributed by atoms with Crippen LogP contribution in [0.3, 0.4) is 0 Å². The number of carbonyl (C=O) groups excluding carboxylic acids is 1. The standard InChI is InChI=1S/C26H33N5O2S.C7H16/c1-19(32)28-25-23(21-7-3-2-4-8-21)22-17-27-26(29-24(22)34-25)31-13-9-20(10-14-31)18-33-16-15-30-11-5-6-12-30;1-3-5-7-6-4-2/h2-4,7-8,17,20H,5-6,9-16,18H2,1H3,(H,28,32);3-7H2,1-2H3. The number of thiophene rings is 1. The summed E-state index contributed by atoms with van der Waals surface area (Å²) in [5, 5.41) is 4.79. The maximum Gasteiger partial charge on any atom is 0.226 e. The number of benzene rings is 1. The first-order valence-corrected chi connectivity index (χ1v) is 16.6. The minimum absolute atomic E-state index is 0.0818. The lowest BCUT2D eigenvalue weighted by Gasteiger charge is -2.31. The van der Waals surface area contributed by atoms with Crippen molar-refractivity contribution in [1.29, 1.82) is 0 Å². The van der Waals surface area contributed by atoms with Crippen LogP contribution in [0.25, 0.3) is 21.3 Å². The first kappa shape index (κ1) is 31.4. The first-order chi connectivity index (χ1) is 20.1. The third-order valence-electron chi connectivity index (χ3n) is 8.00. The van der Waals surface area contributed by atoms with E-state index >= 15 is 0 Å². The van der Waals surface area contributed by atoms with Crippen LogP contribution in [0.4, 0.5) is 10.9 Å². The van der Waals surface area contributed by atoms with Gasteiger partial charge in [0.05, 0.1) is 6.61 Å². The third-order valence-corrected chi connectivity index (χ3v) is 9.01. The van der Waals surface area contributed by atoms with E-state index in [1.165, 1.54) is 76.3 Å². The molecule has 0 aliphatic carbocycles. The Morgan fingerprint density at radius 1 is 1.02 bits per heavy atom. The normalized spacial score (nSPS) is 16.1. The van der Waals surface area contributed by atoms with Gasteiger partial charge in [-0.05, 0) is 50.3 Å². The van der Waals surface area contributed by atoms with Crippen molar-refractivity contribution in [3.05, 3.63) is 36.5 Å². The lowest BCUT2D eigenvalue weighted by Crippen LogP contribution is -2.36. The monoisotopic (exact) mass is 579 g/mol. The summed E-state index contributed by atoms with van der Waals surface area (Å²) in [5.41, 5.74) is 2.05. The van der Waals surface area contributed by atoms with Gasteiger partial charge in [-0.1, -0.05) is 87.6 Å². The SMILES string of the molecule is CC(=O)Nc1sc2nc(N3CCC(COCCN4CCCC4)CC3)ncc2c1-c1ccccc1.CCCCCCC. The highest BCUT2D eigenvalue weighted by Crippen LogP contribution is 2.42. The zero-order valence-corrected chi connectivity index (χ0v) is 26.2. The minimum atomic E-state index is -0.0818. The van der Waals surface area contributed by atoms with E-state index in [0.717, 1.165) is 78.0 Å². The van der Waals surface area contributed by atoms with E-state index < -0.39 is 0 Å². The smallest absolute Gasteiger partial charge is 0.226 e. The molecule has 1 aromatic carbocycles. The van der Waals surface area contributed by atoms with Gasteiger partial charge in [0.2, 0.25) is 11.9 Å². The summed E-state index contributed by atoms with van der Waals surface area (Å²) in [6, 6.07) is 10.1. The van der Waals surface area contributed by atoms with Gasteiger partial charge < -0.3 is 19.9 Å². The highest BCUT2D eigenvalue weighted by Gasteiger charge is 2.23. The molecule has 2 aliphatic heterocycles. The van der Waals surface area contributed by atoms with Crippen LogP contribution in [0, 0.1) is 5.92 Å². The van der Waals surface area contributed by atoms with E-state index in [0.29, 0.717) is 5.92 Å². The molecule has 5 rings (SSSR count). The highest BCUT2D eigenvalue weighted by atomic mass is 32.1. The van der Waals surface area contributed by atoms with Crippen LogP contribution in [0.5, 0.6) is 0 Å². The summed E-state index contributed by atoms with van der Waals surface area (Å²) in [5.74, 6) is 1.30. The number of hydrogen-bond acceptors (Lipinski definition) is 7. The van der Waals surface area contributed by atoms with Crippen molar-refractivity contribution in [3.8, 4) is 11.1 Å². The summed E-state index contributed by atoms with van der Waals surface area (Å²) >= 11 is 1.52. The second-order valence-corrected chi connectivity index (χ2v) is 12.4. The predicted molar refractivity (Wildman–Crippen MR) is 173 cm³/mol. The molecule has 1 N–H and O–H groups in total. The van der Waals surface area contributed by atoms with Gasteiger partial charge in [0.15, 0.2) is 0 Å². The van der Waals surface area contributed by atoms with Crippen LogP contribution in [0.2, 0.25) is 0 Å². The van der Waals surface area contributed by atoms with E-state index in [1.54, 1.807) is 0 Å². The zero-order valence-electron chi connectivity index (χ0n) is 25.4. The fraction of sp³-hybridized carbons (Fsp3) is 0.606. The fourth-order valence-electron chi connectivity index (χ4n) is 5.59. The molecule has 0 atom stereocenters.